The van der Waals surface area contributed by atoms with Crippen molar-refractivity contribution in [3.05, 3.63) is 71.3 Å². The van der Waals surface area contributed by atoms with E-state index in [9.17, 15) is 0 Å². The number of benzene rings is 2. The second kappa shape index (κ2) is 9.08. The van der Waals surface area contributed by atoms with Gasteiger partial charge in [0.1, 0.15) is 0 Å². The predicted octanol–water partition coefficient (Wildman–Crippen LogP) is 6.54. The van der Waals surface area contributed by atoms with Crippen LogP contribution in [-0.2, 0) is 6.42 Å². The van der Waals surface area contributed by atoms with E-state index in [0.717, 1.165) is 17.9 Å². The van der Waals surface area contributed by atoms with Crippen LogP contribution >= 0.6 is 0 Å². The first kappa shape index (κ1) is 18.0. The zero-order valence-corrected chi connectivity index (χ0v) is 15.0. The fourth-order valence-electron chi connectivity index (χ4n) is 2.82. The lowest BCUT2D eigenvalue weighted by molar-refractivity contribution is 0.497. The van der Waals surface area contributed by atoms with Crippen LogP contribution in [0, 0.1) is 17.2 Å². The molecule has 0 amide bonds. The van der Waals surface area contributed by atoms with Crippen molar-refractivity contribution < 1.29 is 0 Å². The summed E-state index contributed by atoms with van der Waals surface area (Å²) in [5.41, 5.74) is 5.90. The summed E-state index contributed by atoms with van der Waals surface area (Å²) in [4.78, 5) is 0. The minimum atomic E-state index is 0.706. The summed E-state index contributed by atoms with van der Waals surface area (Å²) in [5, 5.41) is 8.87. The van der Waals surface area contributed by atoms with E-state index in [4.69, 9.17) is 5.26 Å². The van der Waals surface area contributed by atoms with Gasteiger partial charge in [-0.1, -0.05) is 55.0 Å². The third-order valence-electron chi connectivity index (χ3n) is 4.44. The largest absolute Gasteiger partial charge is 0.192 e. The highest BCUT2D eigenvalue weighted by Crippen LogP contribution is 2.22. The van der Waals surface area contributed by atoms with Crippen molar-refractivity contribution in [2.45, 2.75) is 46.5 Å². The molecule has 0 aliphatic rings. The van der Waals surface area contributed by atoms with E-state index in [1.54, 1.807) is 0 Å². The second-order valence-electron chi connectivity index (χ2n) is 6.89. The van der Waals surface area contributed by atoms with Crippen molar-refractivity contribution >= 4 is 0 Å². The van der Waals surface area contributed by atoms with E-state index in [1.807, 2.05) is 24.3 Å². The molecule has 0 fully saturated rings. The SMILES string of the molecule is CC(C)=CCC[C@H](C)CCc1ccc(-c2ccc(C#N)cc2)cc1. The Morgan fingerprint density at radius 2 is 1.54 bits per heavy atom. The van der Waals surface area contributed by atoms with Gasteiger partial charge in [-0.05, 0) is 74.3 Å². The minimum Gasteiger partial charge on any atom is -0.192 e. The molecule has 24 heavy (non-hydrogen) atoms. The van der Waals surface area contributed by atoms with Crippen molar-refractivity contribution in [2.75, 3.05) is 0 Å². The van der Waals surface area contributed by atoms with Crippen LogP contribution in [0.15, 0.2) is 60.2 Å². The first-order chi connectivity index (χ1) is 11.6. The molecule has 2 aromatic rings. The molecule has 1 heteroatoms. The average Bonchev–Trinajstić information content (AvgIpc) is 2.60. The molecule has 0 saturated carbocycles. The molecule has 0 aromatic heterocycles. The Kier molecular flexibility index (Phi) is 6.82. The van der Waals surface area contributed by atoms with Gasteiger partial charge >= 0.3 is 0 Å². The molecule has 0 spiro atoms. The third kappa shape index (κ3) is 5.70. The number of nitriles is 1. The predicted molar refractivity (Wildman–Crippen MR) is 103 cm³/mol. The van der Waals surface area contributed by atoms with Gasteiger partial charge in [0.2, 0.25) is 0 Å². The molecule has 2 aromatic carbocycles. The molecule has 1 atom stereocenters. The van der Waals surface area contributed by atoms with E-state index in [-0.39, 0.29) is 0 Å². The van der Waals surface area contributed by atoms with Crippen LogP contribution in [0.5, 0.6) is 0 Å². The van der Waals surface area contributed by atoms with Crippen LogP contribution in [0.2, 0.25) is 0 Å². The second-order valence-corrected chi connectivity index (χ2v) is 6.89. The van der Waals surface area contributed by atoms with Crippen molar-refractivity contribution in [3.63, 3.8) is 0 Å². The maximum absolute atomic E-state index is 8.87. The Bertz CT molecular complexity index is 695. The van der Waals surface area contributed by atoms with Crippen LogP contribution in [0.25, 0.3) is 11.1 Å². The van der Waals surface area contributed by atoms with Crippen LogP contribution in [0.1, 0.15) is 51.2 Å². The maximum atomic E-state index is 8.87. The molecule has 0 N–H and O–H groups in total. The highest BCUT2D eigenvalue weighted by atomic mass is 14.2. The van der Waals surface area contributed by atoms with E-state index in [1.165, 1.54) is 36.0 Å². The zero-order chi connectivity index (χ0) is 17.4. The van der Waals surface area contributed by atoms with Gasteiger partial charge in [0.15, 0.2) is 0 Å². The van der Waals surface area contributed by atoms with Crippen LogP contribution < -0.4 is 0 Å². The van der Waals surface area contributed by atoms with E-state index in [2.05, 4.69) is 57.2 Å². The molecule has 0 unspecified atom stereocenters. The molecule has 0 radical (unpaired) electrons. The quantitative estimate of drug-likeness (QED) is 0.532. The fourth-order valence-corrected chi connectivity index (χ4v) is 2.82. The maximum Gasteiger partial charge on any atom is 0.0991 e. The first-order valence-corrected chi connectivity index (χ1v) is 8.81. The fraction of sp³-hybridized carbons (Fsp3) is 0.348. The Morgan fingerprint density at radius 3 is 2.08 bits per heavy atom. The smallest absolute Gasteiger partial charge is 0.0991 e. The lowest BCUT2D eigenvalue weighted by atomic mass is 9.95. The number of hydrogen-bond acceptors (Lipinski definition) is 1. The molecular weight excluding hydrogens is 290 g/mol. The Hall–Kier alpha value is -2.33. The van der Waals surface area contributed by atoms with Gasteiger partial charge in [-0.25, -0.2) is 0 Å². The van der Waals surface area contributed by atoms with Crippen molar-refractivity contribution in [3.8, 4) is 17.2 Å². The van der Waals surface area contributed by atoms with Gasteiger partial charge in [0.25, 0.3) is 0 Å². The summed E-state index contributed by atoms with van der Waals surface area (Å²) in [5.74, 6) is 0.763. The molecule has 0 bridgehead atoms. The van der Waals surface area contributed by atoms with Crippen LogP contribution in [0.3, 0.4) is 0 Å². The zero-order valence-electron chi connectivity index (χ0n) is 15.0. The van der Waals surface area contributed by atoms with Gasteiger partial charge in [-0.15, -0.1) is 0 Å². The van der Waals surface area contributed by atoms with Gasteiger partial charge in [-0.2, -0.15) is 5.26 Å². The van der Waals surface area contributed by atoms with Crippen molar-refractivity contribution in [1.29, 1.82) is 5.26 Å². The molecule has 124 valence electrons. The Balaban J connectivity index is 1.87. The first-order valence-electron chi connectivity index (χ1n) is 8.81. The van der Waals surface area contributed by atoms with Crippen molar-refractivity contribution in [2.24, 2.45) is 5.92 Å². The monoisotopic (exact) mass is 317 g/mol. The average molecular weight is 317 g/mol. The third-order valence-corrected chi connectivity index (χ3v) is 4.44. The summed E-state index contributed by atoms with van der Waals surface area (Å²) in [6.45, 7) is 6.68. The standard InChI is InChI=1S/C23H27N/c1-18(2)5-4-6-19(3)7-8-20-9-13-22(14-10-20)23-15-11-21(17-24)12-16-23/h5,9-16,19H,4,6-8H2,1-3H3/t19-/m0/s1. The highest BCUT2D eigenvalue weighted by Gasteiger charge is 2.03. The molecule has 0 aliphatic heterocycles. The number of rotatable bonds is 7. The molecule has 0 saturated heterocycles. The number of nitrogens with zero attached hydrogens (tertiary/aromatic N) is 1. The summed E-state index contributed by atoms with van der Waals surface area (Å²) < 4.78 is 0. The molecule has 0 heterocycles. The highest BCUT2D eigenvalue weighted by molar-refractivity contribution is 5.64. The molecule has 1 nitrogen and oxygen atoms in total. The van der Waals surface area contributed by atoms with E-state index >= 15 is 0 Å². The van der Waals surface area contributed by atoms with Crippen LogP contribution in [0.4, 0.5) is 0 Å². The van der Waals surface area contributed by atoms with Gasteiger partial charge in [-0.3, -0.25) is 0 Å². The summed E-state index contributed by atoms with van der Waals surface area (Å²) in [7, 11) is 0. The summed E-state index contributed by atoms with van der Waals surface area (Å²) in [6.07, 6.45) is 7.19. The molecular formula is C23H27N. The van der Waals surface area contributed by atoms with Gasteiger partial charge in [0, 0.05) is 0 Å². The molecule has 0 aliphatic carbocycles. The van der Waals surface area contributed by atoms with Gasteiger partial charge in [0.05, 0.1) is 11.6 Å². The number of allylic oxidation sites excluding steroid dienone is 2. The normalized spacial score (nSPS) is 11.6. The van der Waals surface area contributed by atoms with Crippen LogP contribution in [-0.4, -0.2) is 0 Å². The number of aryl methyl sites for hydroxylation is 1. The minimum absolute atomic E-state index is 0.706. The molecule has 2 rings (SSSR count). The summed E-state index contributed by atoms with van der Waals surface area (Å²) in [6, 6.07) is 18.8. The summed E-state index contributed by atoms with van der Waals surface area (Å²) >= 11 is 0. The van der Waals surface area contributed by atoms with Gasteiger partial charge < -0.3 is 0 Å². The van der Waals surface area contributed by atoms with E-state index in [0.29, 0.717) is 5.56 Å². The number of hydrogen-bond donors (Lipinski definition) is 0. The van der Waals surface area contributed by atoms with Crippen molar-refractivity contribution in [1.82, 2.24) is 0 Å². The topological polar surface area (TPSA) is 23.8 Å². The van der Waals surface area contributed by atoms with E-state index < -0.39 is 0 Å². The Morgan fingerprint density at radius 1 is 0.958 bits per heavy atom. The lowest BCUT2D eigenvalue weighted by Gasteiger charge is -2.10. The lowest BCUT2D eigenvalue weighted by Crippen LogP contribution is -1.97. The Labute approximate surface area is 146 Å².